The Balaban J connectivity index is 2.37. The molecule has 2 aromatic carbocycles. The van der Waals surface area contributed by atoms with Crippen LogP contribution in [0.2, 0.25) is 0 Å². The van der Waals surface area contributed by atoms with Gasteiger partial charge in [0.2, 0.25) is 0 Å². The van der Waals surface area contributed by atoms with Crippen LogP contribution in [-0.4, -0.2) is 12.2 Å². The highest BCUT2D eigenvalue weighted by Gasteiger charge is 2.16. The van der Waals surface area contributed by atoms with Gasteiger partial charge >= 0.3 is 0 Å². The van der Waals surface area contributed by atoms with E-state index in [4.69, 9.17) is 9.47 Å². The molecule has 0 saturated heterocycles. The van der Waals surface area contributed by atoms with Gasteiger partial charge in [0.25, 0.3) is 0 Å². The van der Waals surface area contributed by atoms with Crippen LogP contribution in [0.25, 0.3) is 0 Å². The van der Waals surface area contributed by atoms with Gasteiger partial charge in [-0.05, 0) is 42.7 Å². The summed E-state index contributed by atoms with van der Waals surface area (Å²) in [6, 6.07) is 13.5. The smallest absolute Gasteiger partial charge is 0.136 e. The molecule has 1 unspecified atom stereocenters. The lowest BCUT2D eigenvalue weighted by molar-refractivity contribution is 0.190. The lowest BCUT2D eigenvalue weighted by Gasteiger charge is -2.17. The number of hydrogen-bond acceptors (Lipinski definition) is 3. The quantitative estimate of drug-likeness (QED) is 0.868. The molecule has 0 aromatic heterocycles. The van der Waals surface area contributed by atoms with Gasteiger partial charge in [-0.25, -0.2) is 0 Å². The average molecular weight is 286 g/mol. The molecule has 0 aliphatic rings. The number of aliphatic hydroxyl groups excluding tert-OH is 1. The van der Waals surface area contributed by atoms with Crippen LogP contribution in [0.4, 0.5) is 0 Å². The molecule has 0 radical (unpaired) electrons. The Bertz CT molecular complexity index is 603. The van der Waals surface area contributed by atoms with Gasteiger partial charge in [0, 0.05) is 0 Å². The minimum atomic E-state index is -0.663. The highest BCUT2D eigenvalue weighted by atomic mass is 16.5. The Morgan fingerprint density at radius 2 is 1.62 bits per heavy atom. The first-order chi connectivity index (χ1) is 10.0. The maximum atomic E-state index is 9.98. The van der Waals surface area contributed by atoms with Gasteiger partial charge in [0.1, 0.15) is 17.2 Å². The van der Waals surface area contributed by atoms with Crippen molar-refractivity contribution in [1.82, 2.24) is 0 Å². The van der Waals surface area contributed by atoms with Gasteiger partial charge in [0.15, 0.2) is 0 Å². The van der Waals surface area contributed by atoms with E-state index in [-0.39, 0.29) is 0 Å². The number of methoxy groups -OCH3 is 1. The van der Waals surface area contributed by atoms with E-state index in [1.807, 2.05) is 36.4 Å². The van der Waals surface area contributed by atoms with Crippen LogP contribution in [0.5, 0.6) is 17.2 Å². The van der Waals surface area contributed by atoms with Crippen LogP contribution in [0.3, 0.4) is 0 Å². The Kier molecular flexibility index (Phi) is 4.86. The minimum Gasteiger partial charge on any atom is -0.496 e. The molecular weight excluding hydrogens is 264 g/mol. The first-order valence-corrected chi connectivity index (χ1v) is 7.15. The molecule has 112 valence electrons. The second-order valence-corrected chi connectivity index (χ2v) is 5.38. The van der Waals surface area contributed by atoms with Crippen LogP contribution in [0, 0.1) is 0 Å². The third-order valence-electron chi connectivity index (χ3n) is 3.42. The van der Waals surface area contributed by atoms with Gasteiger partial charge in [-0.3, -0.25) is 0 Å². The van der Waals surface area contributed by atoms with Crippen molar-refractivity contribution in [2.75, 3.05) is 7.11 Å². The molecule has 2 rings (SSSR count). The van der Waals surface area contributed by atoms with E-state index in [9.17, 15) is 5.11 Å². The van der Waals surface area contributed by atoms with E-state index in [0.29, 0.717) is 23.0 Å². The van der Waals surface area contributed by atoms with E-state index in [1.165, 1.54) is 5.56 Å². The highest BCUT2D eigenvalue weighted by Crippen LogP contribution is 2.36. The number of hydrogen-bond donors (Lipinski definition) is 1. The molecule has 0 aliphatic carbocycles. The topological polar surface area (TPSA) is 38.7 Å². The van der Waals surface area contributed by atoms with Crippen molar-refractivity contribution in [1.29, 1.82) is 0 Å². The van der Waals surface area contributed by atoms with E-state index in [0.717, 1.165) is 5.75 Å². The first kappa shape index (κ1) is 15.4. The standard InChI is InChI=1S/C18H22O3/c1-12(2)14-7-5-8-15(11-14)21-17-10-6-9-16(20-4)18(17)13(3)19/h5-13,19H,1-4H3. The fraction of sp³-hybridized carbons (Fsp3) is 0.333. The largest absolute Gasteiger partial charge is 0.496 e. The zero-order valence-electron chi connectivity index (χ0n) is 13.0. The van der Waals surface area contributed by atoms with Crippen molar-refractivity contribution >= 4 is 0 Å². The zero-order valence-corrected chi connectivity index (χ0v) is 13.0. The Labute approximate surface area is 126 Å². The number of ether oxygens (including phenoxy) is 2. The monoisotopic (exact) mass is 286 g/mol. The van der Waals surface area contributed by atoms with Crippen LogP contribution in [-0.2, 0) is 0 Å². The molecule has 0 spiro atoms. The molecule has 0 saturated carbocycles. The average Bonchev–Trinajstić information content (AvgIpc) is 2.46. The summed E-state index contributed by atoms with van der Waals surface area (Å²) in [6.07, 6.45) is -0.663. The molecule has 1 atom stereocenters. The normalized spacial score (nSPS) is 12.3. The summed E-state index contributed by atoms with van der Waals surface area (Å²) in [5.74, 6) is 2.44. The molecule has 0 fully saturated rings. The maximum Gasteiger partial charge on any atom is 0.136 e. The highest BCUT2D eigenvalue weighted by molar-refractivity contribution is 5.48. The summed E-state index contributed by atoms with van der Waals surface area (Å²) >= 11 is 0. The summed E-state index contributed by atoms with van der Waals surface area (Å²) in [5, 5.41) is 9.98. The van der Waals surface area contributed by atoms with Gasteiger partial charge in [-0.2, -0.15) is 0 Å². The van der Waals surface area contributed by atoms with Crippen molar-refractivity contribution in [3.63, 3.8) is 0 Å². The molecule has 0 amide bonds. The lowest BCUT2D eigenvalue weighted by atomic mass is 10.0. The number of benzene rings is 2. The number of rotatable bonds is 5. The molecule has 2 aromatic rings. The summed E-state index contributed by atoms with van der Waals surface area (Å²) in [7, 11) is 1.59. The SMILES string of the molecule is COc1cccc(Oc2cccc(C(C)C)c2)c1C(C)O. The third-order valence-corrected chi connectivity index (χ3v) is 3.42. The molecular formula is C18H22O3. The predicted molar refractivity (Wildman–Crippen MR) is 84.2 cm³/mol. The summed E-state index contributed by atoms with van der Waals surface area (Å²) in [5.41, 5.74) is 1.88. The Morgan fingerprint density at radius 1 is 0.952 bits per heavy atom. The van der Waals surface area contributed by atoms with E-state index < -0.39 is 6.10 Å². The second kappa shape index (κ2) is 6.64. The molecule has 0 bridgehead atoms. The van der Waals surface area contributed by atoms with Gasteiger partial charge in [0.05, 0.1) is 18.8 Å². The van der Waals surface area contributed by atoms with Crippen molar-refractivity contribution in [2.45, 2.75) is 32.8 Å². The third kappa shape index (κ3) is 3.56. The van der Waals surface area contributed by atoms with Crippen molar-refractivity contribution in [3.8, 4) is 17.2 Å². The van der Waals surface area contributed by atoms with Crippen molar-refractivity contribution < 1.29 is 14.6 Å². The summed E-state index contributed by atoms with van der Waals surface area (Å²) in [4.78, 5) is 0. The molecule has 0 aliphatic heterocycles. The van der Waals surface area contributed by atoms with Crippen molar-refractivity contribution in [3.05, 3.63) is 53.6 Å². The number of aliphatic hydroxyl groups is 1. The van der Waals surface area contributed by atoms with Gasteiger partial charge in [-0.1, -0.05) is 32.0 Å². The molecule has 1 N–H and O–H groups in total. The van der Waals surface area contributed by atoms with Crippen LogP contribution < -0.4 is 9.47 Å². The minimum absolute atomic E-state index is 0.440. The van der Waals surface area contributed by atoms with Gasteiger partial charge in [-0.15, -0.1) is 0 Å². The molecule has 21 heavy (non-hydrogen) atoms. The Morgan fingerprint density at radius 3 is 2.24 bits per heavy atom. The fourth-order valence-electron chi connectivity index (χ4n) is 2.27. The summed E-state index contributed by atoms with van der Waals surface area (Å²) < 4.78 is 11.3. The maximum absolute atomic E-state index is 9.98. The van der Waals surface area contributed by atoms with Gasteiger partial charge < -0.3 is 14.6 Å². The first-order valence-electron chi connectivity index (χ1n) is 7.15. The molecule has 0 heterocycles. The van der Waals surface area contributed by atoms with E-state index in [1.54, 1.807) is 14.0 Å². The summed E-state index contributed by atoms with van der Waals surface area (Å²) in [6.45, 7) is 5.99. The van der Waals surface area contributed by atoms with E-state index >= 15 is 0 Å². The molecule has 3 heteroatoms. The zero-order chi connectivity index (χ0) is 15.4. The predicted octanol–water partition coefficient (Wildman–Crippen LogP) is 4.66. The van der Waals surface area contributed by atoms with Crippen LogP contribution in [0.1, 0.15) is 43.9 Å². The van der Waals surface area contributed by atoms with Crippen molar-refractivity contribution in [2.24, 2.45) is 0 Å². The van der Waals surface area contributed by atoms with E-state index in [2.05, 4.69) is 19.9 Å². The second-order valence-electron chi connectivity index (χ2n) is 5.38. The van der Waals surface area contributed by atoms with Crippen LogP contribution >= 0.6 is 0 Å². The Hall–Kier alpha value is -2.00. The fourth-order valence-corrected chi connectivity index (χ4v) is 2.27. The molecule has 3 nitrogen and oxygen atoms in total. The van der Waals surface area contributed by atoms with Crippen LogP contribution in [0.15, 0.2) is 42.5 Å². The lowest BCUT2D eigenvalue weighted by Crippen LogP contribution is -2.00.